The van der Waals surface area contributed by atoms with Crippen LogP contribution in [0.3, 0.4) is 0 Å². The highest BCUT2D eigenvalue weighted by Crippen LogP contribution is 2.42. The first-order valence-corrected chi connectivity index (χ1v) is 15.8. The quantitative estimate of drug-likeness (QED) is 0.0291. The van der Waals surface area contributed by atoms with E-state index in [0.29, 0.717) is 26.2 Å². The number of amides is 2. The van der Waals surface area contributed by atoms with E-state index in [1.807, 2.05) is 0 Å². The van der Waals surface area contributed by atoms with Gasteiger partial charge in [0.2, 0.25) is 5.88 Å². The predicted octanol–water partition coefficient (Wildman–Crippen LogP) is 2.66. The van der Waals surface area contributed by atoms with Crippen molar-refractivity contribution in [2.75, 3.05) is 23.8 Å². The van der Waals surface area contributed by atoms with Gasteiger partial charge >= 0.3 is 6.16 Å². The number of hydrogen-bond donors (Lipinski definition) is 5. The second-order valence-electron chi connectivity index (χ2n) is 8.60. The third-order valence-corrected chi connectivity index (χ3v) is 10.00. The lowest BCUT2D eigenvalue weighted by Gasteiger charge is -2.49. The third-order valence-electron chi connectivity index (χ3n) is 5.79. The van der Waals surface area contributed by atoms with Gasteiger partial charge in [-0.15, -0.1) is 33.3 Å². The summed E-state index contributed by atoms with van der Waals surface area (Å²) in [5, 5.41) is 45.0. The number of aromatic hydroxyl groups is 2. The molecule has 224 valence electrons. The molecular weight excluding hydrogens is 643 g/mol. The minimum absolute atomic E-state index is 0.0330. The summed E-state index contributed by atoms with van der Waals surface area (Å²) in [6, 6.07) is 3.30. The van der Waals surface area contributed by atoms with Crippen molar-refractivity contribution in [1.29, 1.82) is 0 Å². The normalized spacial score (nSPS) is 18.1. The summed E-state index contributed by atoms with van der Waals surface area (Å²) < 4.78 is 5.58. The first-order chi connectivity index (χ1) is 20.7. The van der Waals surface area contributed by atoms with E-state index < -0.39 is 29.4 Å². The van der Waals surface area contributed by atoms with Crippen LogP contribution in [0.1, 0.15) is 5.69 Å². The molecule has 2 amide bonds. The van der Waals surface area contributed by atoms with E-state index in [0.717, 1.165) is 11.3 Å². The van der Waals surface area contributed by atoms with Crippen LogP contribution < -0.4 is 11.1 Å². The Morgan fingerprint density at radius 1 is 1.30 bits per heavy atom. The number of nitrogens with zero attached hydrogens (tertiary/aromatic N) is 5. The summed E-state index contributed by atoms with van der Waals surface area (Å²) in [5.41, 5.74) is 6.77. The monoisotopic (exact) mass is 663 g/mol. The maximum absolute atomic E-state index is 13.2. The lowest BCUT2D eigenvalue weighted by Crippen LogP contribution is -2.70. The minimum atomic E-state index is -1.59. The van der Waals surface area contributed by atoms with E-state index in [4.69, 9.17) is 15.3 Å². The van der Waals surface area contributed by atoms with Gasteiger partial charge in [0.15, 0.2) is 26.7 Å². The fraction of sp³-hybridized carbons (Fsp3) is 0.208. The molecule has 43 heavy (non-hydrogen) atoms. The zero-order valence-corrected chi connectivity index (χ0v) is 25.0. The van der Waals surface area contributed by atoms with Gasteiger partial charge in [0.05, 0.1) is 0 Å². The van der Waals surface area contributed by atoms with Crippen LogP contribution in [0.4, 0.5) is 9.93 Å². The average Bonchev–Trinajstić information content (AvgIpc) is 3.63. The maximum Gasteiger partial charge on any atom is 0.512 e. The number of aromatic nitrogens is 3. The molecule has 0 radical (unpaired) electrons. The van der Waals surface area contributed by atoms with Crippen molar-refractivity contribution >= 4 is 75.0 Å². The molecule has 1 aromatic carbocycles. The van der Waals surface area contributed by atoms with E-state index in [-0.39, 0.29) is 46.3 Å². The van der Waals surface area contributed by atoms with Crippen molar-refractivity contribution in [2.24, 2.45) is 5.16 Å². The zero-order chi connectivity index (χ0) is 30.7. The number of fused-ring (bicyclic) bond motifs is 1. The molecule has 4 heterocycles. The Hall–Kier alpha value is -4.33. The number of carboxylic acid groups (broad SMARTS) is 1. The molecule has 1 fully saturated rings. The number of nitrogens with two attached hydrogens (primary N) is 1. The second kappa shape index (κ2) is 12.9. The SMILES string of the molecule is C=CCON=C(C(=O)N[C@@H]1C(=O)N2C(OC(=O)O)=C(CSc3nnc(-c4ccc(O)c(O)c4)s3)CS[C@@H]12)c1csc(N)n1. The summed E-state index contributed by atoms with van der Waals surface area (Å²) in [7, 11) is 0. The fourth-order valence-electron chi connectivity index (χ4n) is 3.86. The van der Waals surface area contributed by atoms with E-state index in [2.05, 4.69) is 32.2 Å². The fourth-order valence-corrected chi connectivity index (χ4v) is 7.71. The Labute approximate surface area is 259 Å². The highest BCUT2D eigenvalue weighted by atomic mass is 32.2. The van der Waals surface area contributed by atoms with Crippen LogP contribution in [0.15, 0.2) is 57.2 Å². The van der Waals surface area contributed by atoms with Gasteiger partial charge in [-0.3, -0.25) is 14.5 Å². The number of phenolic OH excluding ortho intramolecular Hbond substituents is 2. The van der Waals surface area contributed by atoms with Crippen molar-refractivity contribution in [3.8, 4) is 22.1 Å². The Balaban J connectivity index is 1.29. The van der Waals surface area contributed by atoms with Gasteiger partial charge in [-0.05, 0) is 18.2 Å². The number of rotatable bonds is 11. The van der Waals surface area contributed by atoms with Crippen molar-refractivity contribution in [3.63, 3.8) is 0 Å². The molecule has 0 bridgehead atoms. The Morgan fingerprint density at radius 2 is 2.12 bits per heavy atom. The molecule has 1 saturated heterocycles. The summed E-state index contributed by atoms with van der Waals surface area (Å²) in [6.07, 6.45) is -0.151. The van der Waals surface area contributed by atoms with Gasteiger partial charge in [-0.2, -0.15) is 0 Å². The number of carbonyl (C=O) groups is 3. The van der Waals surface area contributed by atoms with Crippen molar-refractivity contribution in [1.82, 2.24) is 25.4 Å². The largest absolute Gasteiger partial charge is 0.512 e. The highest BCUT2D eigenvalue weighted by molar-refractivity contribution is 8.01. The standard InChI is InChI=1S/C24H21N7O8S4/c1-2-5-38-30-15(12-9-41-22(25)26-12)17(34)27-16-19(35)31-20(39-24(36)37)11(7-40-21(16)31)8-42-23-29-28-18(43-23)10-3-4-13(32)14(33)6-10/h2-4,6,9,16,21,32-33H,1,5,7-8H2,(H2,25,26)(H,27,34)(H,36,37)/t16-,21+/m1/s1. The molecule has 15 nitrogen and oxygen atoms in total. The minimum Gasteiger partial charge on any atom is -0.504 e. The second-order valence-corrected chi connectivity index (χ2v) is 12.8. The number of oxime groups is 1. The third kappa shape index (κ3) is 6.53. The smallest absolute Gasteiger partial charge is 0.504 e. The lowest BCUT2D eigenvalue weighted by atomic mass is 10.1. The first kappa shape index (κ1) is 30.1. The molecule has 19 heteroatoms. The molecule has 5 rings (SSSR count). The van der Waals surface area contributed by atoms with Crippen LogP contribution in [0.25, 0.3) is 10.6 Å². The van der Waals surface area contributed by atoms with Gasteiger partial charge in [-0.25, -0.2) is 9.78 Å². The number of hydrogen-bond acceptors (Lipinski definition) is 16. The lowest BCUT2D eigenvalue weighted by molar-refractivity contribution is -0.148. The van der Waals surface area contributed by atoms with Gasteiger partial charge in [0.1, 0.15) is 28.7 Å². The summed E-state index contributed by atoms with van der Waals surface area (Å²) >= 11 is 4.92. The van der Waals surface area contributed by atoms with Gasteiger partial charge in [0, 0.05) is 28.0 Å². The van der Waals surface area contributed by atoms with E-state index in [1.165, 1.54) is 63.3 Å². The predicted molar refractivity (Wildman–Crippen MR) is 160 cm³/mol. The van der Waals surface area contributed by atoms with Gasteiger partial charge < -0.3 is 35.9 Å². The molecule has 0 unspecified atom stereocenters. The number of ether oxygens (including phenoxy) is 1. The van der Waals surface area contributed by atoms with E-state index >= 15 is 0 Å². The Morgan fingerprint density at radius 3 is 2.81 bits per heavy atom. The number of thiazole rings is 1. The molecule has 6 N–H and O–H groups in total. The zero-order valence-electron chi connectivity index (χ0n) is 21.7. The molecule has 2 aliphatic heterocycles. The van der Waals surface area contributed by atoms with Crippen LogP contribution in [0, 0.1) is 0 Å². The number of nitrogens with one attached hydrogen (secondary N) is 1. The molecule has 2 aromatic heterocycles. The number of β-lactam (4-membered cyclic amide) rings is 1. The molecule has 3 aromatic rings. The van der Waals surface area contributed by atoms with Gasteiger partial charge in [0.25, 0.3) is 11.8 Å². The number of carbonyl (C=O) groups excluding carboxylic acids is 2. The van der Waals surface area contributed by atoms with E-state index in [9.17, 15) is 29.7 Å². The van der Waals surface area contributed by atoms with E-state index in [1.54, 1.807) is 6.07 Å². The molecule has 0 spiro atoms. The van der Waals surface area contributed by atoms with Crippen LogP contribution in [0.5, 0.6) is 11.5 Å². The first-order valence-electron chi connectivity index (χ1n) is 12.1. The Bertz CT molecular complexity index is 1660. The summed E-state index contributed by atoms with van der Waals surface area (Å²) in [6.45, 7) is 3.56. The summed E-state index contributed by atoms with van der Waals surface area (Å²) in [5.74, 6) is -1.43. The van der Waals surface area contributed by atoms with Crippen LogP contribution >= 0.6 is 46.2 Å². The van der Waals surface area contributed by atoms with Gasteiger partial charge in [-0.1, -0.05) is 40.9 Å². The summed E-state index contributed by atoms with van der Waals surface area (Å²) in [4.78, 5) is 48.2. The molecule has 2 aliphatic rings. The van der Waals surface area contributed by atoms with Crippen LogP contribution in [-0.4, -0.2) is 88.6 Å². The Kier molecular flexibility index (Phi) is 9.04. The van der Waals surface area contributed by atoms with Crippen molar-refractivity contribution in [3.05, 3.63) is 53.4 Å². The molecule has 0 aliphatic carbocycles. The van der Waals surface area contributed by atoms with Crippen molar-refractivity contribution < 1.29 is 39.3 Å². The number of thioether (sulfide) groups is 2. The number of nitrogen functional groups attached to an aromatic ring is 1. The molecule has 0 saturated carbocycles. The highest BCUT2D eigenvalue weighted by Gasteiger charge is 2.54. The van der Waals surface area contributed by atoms with Crippen LogP contribution in [-0.2, 0) is 19.2 Å². The number of anilines is 1. The number of benzene rings is 1. The molecule has 2 atom stereocenters. The van der Waals surface area contributed by atoms with Crippen LogP contribution in [0.2, 0.25) is 0 Å². The molecular formula is C24H21N7O8S4. The maximum atomic E-state index is 13.2. The van der Waals surface area contributed by atoms with Crippen molar-refractivity contribution in [2.45, 2.75) is 15.8 Å². The average molecular weight is 664 g/mol. The topological polar surface area (TPSA) is 223 Å². The number of phenols is 2.